The summed E-state index contributed by atoms with van der Waals surface area (Å²) in [7, 11) is 0. The Morgan fingerprint density at radius 1 is 1.38 bits per heavy atom. The van der Waals surface area contributed by atoms with Crippen molar-refractivity contribution in [3.8, 4) is 0 Å². The van der Waals surface area contributed by atoms with Crippen LogP contribution < -0.4 is 5.32 Å². The molecule has 1 aliphatic carbocycles. The van der Waals surface area contributed by atoms with Crippen molar-refractivity contribution < 1.29 is 4.42 Å². The normalized spacial score (nSPS) is 25.8. The van der Waals surface area contributed by atoms with Gasteiger partial charge in [-0.15, -0.1) is 0 Å². The molecule has 2 heteroatoms. The highest BCUT2D eigenvalue weighted by molar-refractivity contribution is 4.98. The number of nitrogens with one attached hydrogen (secondary N) is 1. The number of rotatable bonds is 5. The number of hydrogen-bond donors (Lipinski definition) is 1. The van der Waals surface area contributed by atoms with Crippen molar-refractivity contribution in [1.82, 2.24) is 5.32 Å². The second-order valence-corrected chi connectivity index (χ2v) is 4.90. The Bertz CT molecular complexity index is 279. The fourth-order valence-electron chi connectivity index (χ4n) is 2.84. The second-order valence-electron chi connectivity index (χ2n) is 4.90. The molecule has 1 N–H and O–H groups in total. The van der Waals surface area contributed by atoms with Gasteiger partial charge < -0.3 is 9.73 Å². The Hall–Kier alpha value is -0.760. The first-order valence-electron chi connectivity index (χ1n) is 6.66. The standard InChI is InChI=1S/C14H23NO/c1-2-6-12-7-3-4-9-14(12)15-11-13-8-5-10-16-13/h5,8,10,12,14-15H,2-4,6-7,9,11H2,1H3. The second kappa shape index (κ2) is 6.09. The Kier molecular flexibility index (Phi) is 4.46. The molecular weight excluding hydrogens is 198 g/mol. The van der Waals surface area contributed by atoms with E-state index in [9.17, 15) is 0 Å². The molecule has 2 nitrogen and oxygen atoms in total. The zero-order chi connectivity index (χ0) is 11.2. The summed E-state index contributed by atoms with van der Waals surface area (Å²) in [6.07, 6.45) is 9.98. The van der Waals surface area contributed by atoms with E-state index in [1.807, 2.05) is 12.1 Å². The Morgan fingerprint density at radius 3 is 3.00 bits per heavy atom. The molecule has 0 aliphatic heterocycles. The smallest absolute Gasteiger partial charge is 0.117 e. The highest BCUT2D eigenvalue weighted by Crippen LogP contribution is 2.28. The van der Waals surface area contributed by atoms with Gasteiger partial charge in [0.1, 0.15) is 5.76 Å². The lowest BCUT2D eigenvalue weighted by molar-refractivity contribution is 0.241. The average molecular weight is 221 g/mol. The molecule has 1 aromatic heterocycles. The fourth-order valence-corrected chi connectivity index (χ4v) is 2.84. The first-order chi connectivity index (χ1) is 7.90. The average Bonchev–Trinajstić information content (AvgIpc) is 2.81. The molecule has 90 valence electrons. The van der Waals surface area contributed by atoms with E-state index in [0.29, 0.717) is 6.04 Å². The molecule has 1 aromatic rings. The predicted octanol–water partition coefficient (Wildman–Crippen LogP) is 3.73. The molecule has 0 radical (unpaired) electrons. The topological polar surface area (TPSA) is 25.2 Å². The maximum absolute atomic E-state index is 5.36. The fraction of sp³-hybridized carbons (Fsp3) is 0.714. The van der Waals surface area contributed by atoms with Gasteiger partial charge in [0.05, 0.1) is 12.8 Å². The lowest BCUT2D eigenvalue weighted by atomic mass is 9.82. The molecule has 2 atom stereocenters. The highest BCUT2D eigenvalue weighted by Gasteiger charge is 2.23. The van der Waals surface area contributed by atoms with E-state index in [1.54, 1.807) is 6.26 Å². The van der Waals surface area contributed by atoms with Gasteiger partial charge in [0.15, 0.2) is 0 Å². The maximum Gasteiger partial charge on any atom is 0.117 e. The Morgan fingerprint density at radius 2 is 2.25 bits per heavy atom. The first kappa shape index (κ1) is 11.7. The van der Waals surface area contributed by atoms with E-state index in [0.717, 1.165) is 18.2 Å². The lowest BCUT2D eigenvalue weighted by Crippen LogP contribution is -2.38. The van der Waals surface area contributed by atoms with Gasteiger partial charge in [-0.05, 0) is 37.3 Å². The quantitative estimate of drug-likeness (QED) is 0.819. The van der Waals surface area contributed by atoms with Crippen molar-refractivity contribution >= 4 is 0 Å². The summed E-state index contributed by atoms with van der Waals surface area (Å²) in [6, 6.07) is 4.71. The third kappa shape index (κ3) is 3.11. The van der Waals surface area contributed by atoms with Gasteiger partial charge >= 0.3 is 0 Å². The zero-order valence-corrected chi connectivity index (χ0v) is 10.2. The van der Waals surface area contributed by atoms with Gasteiger partial charge in [-0.25, -0.2) is 0 Å². The predicted molar refractivity (Wildman–Crippen MR) is 66.2 cm³/mol. The van der Waals surface area contributed by atoms with Crippen LogP contribution in [0.1, 0.15) is 51.2 Å². The van der Waals surface area contributed by atoms with E-state index in [4.69, 9.17) is 4.42 Å². The van der Waals surface area contributed by atoms with Crippen LogP contribution in [0.5, 0.6) is 0 Å². The van der Waals surface area contributed by atoms with Gasteiger partial charge in [0.2, 0.25) is 0 Å². The van der Waals surface area contributed by atoms with Crippen LogP contribution in [0.4, 0.5) is 0 Å². The first-order valence-corrected chi connectivity index (χ1v) is 6.66. The molecule has 2 unspecified atom stereocenters. The van der Waals surface area contributed by atoms with Gasteiger partial charge in [-0.1, -0.05) is 26.2 Å². The van der Waals surface area contributed by atoms with Crippen LogP contribution in [0.2, 0.25) is 0 Å². The summed E-state index contributed by atoms with van der Waals surface area (Å²) < 4.78 is 5.36. The zero-order valence-electron chi connectivity index (χ0n) is 10.2. The molecule has 1 fully saturated rings. The van der Waals surface area contributed by atoms with Crippen LogP contribution >= 0.6 is 0 Å². The minimum atomic E-state index is 0.707. The molecule has 0 bridgehead atoms. The van der Waals surface area contributed by atoms with Crippen molar-refractivity contribution in [2.24, 2.45) is 5.92 Å². The van der Waals surface area contributed by atoms with E-state index in [-0.39, 0.29) is 0 Å². The SMILES string of the molecule is CCCC1CCCCC1NCc1ccco1. The van der Waals surface area contributed by atoms with Gasteiger partial charge in [-0.3, -0.25) is 0 Å². The van der Waals surface area contributed by atoms with E-state index in [2.05, 4.69) is 12.2 Å². The molecule has 2 rings (SSSR count). The maximum atomic E-state index is 5.36. The number of furan rings is 1. The lowest BCUT2D eigenvalue weighted by Gasteiger charge is -2.32. The summed E-state index contributed by atoms with van der Waals surface area (Å²) in [5, 5.41) is 3.67. The highest BCUT2D eigenvalue weighted by atomic mass is 16.3. The molecule has 16 heavy (non-hydrogen) atoms. The molecule has 1 heterocycles. The van der Waals surface area contributed by atoms with Crippen LogP contribution in [-0.2, 0) is 6.54 Å². The third-order valence-corrected chi connectivity index (χ3v) is 3.69. The van der Waals surface area contributed by atoms with Crippen molar-refractivity contribution in [3.63, 3.8) is 0 Å². The van der Waals surface area contributed by atoms with E-state index in [1.165, 1.54) is 38.5 Å². The molecule has 1 saturated carbocycles. The van der Waals surface area contributed by atoms with Crippen LogP contribution in [0.3, 0.4) is 0 Å². The van der Waals surface area contributed by atoms with Gasteiger partial charge in [0.25, 0.3) is 0 Å². The van der Waals surface area contributed by atoms with Crippen LogP contribution in [0.15, 0.2) is 22.8 Å². The van der Waals surface area contributed by atoms with E-state index >= 15 is 0 Å². The molecule has 0 amide bonds. The summed E-state index contributed by atoms with van der Waals surface area (Å²) in [5.41, 5.74) is 0. The Labute approximate surface area is 98.4 Å². The summed E-state index contributed by atoms with van der Waals surface area (Å²) in [4.78, 5) is 0. The van der Waals surface area contributed by atoms with Crippen LogP contribution in [0, 0.1) is 5.92 Å². The minimum absolute atomic E-state index is 0.707. The monoisotopic (exact) mass is 221 g/mol. The number of hydrogen-bond acceptors (Lipinski definition) is 2. The molecule has 0 saturated heterocycles. The molecule has 0 aromatic carbocycles. The molecular formula is C14H23NO. The van der Waals surface area contributed by atoms with Crippen LogP contribution in [0.25, 0.3) is 0 Å². The van der Waals surface area contributed by atoms with E-state index < -0.39 is 0 Å². The molecule has 1 aliphatic rings. The minimum Gasteiger partial charge on any atom is -0.468 e. The van der Waals surface area contributed by atoms with Crippen molar-refractivity contribution in [2.75, 3.05) is 0 Å². The molecule has 0 spiro atoms. The summed E-state index contributed by atoms with van der Waals surface area (Å²) in [5.74, 6) is 1.94. The van der Waals surface area contributed by atoms with Crippen molar-refractivity contribution in [3.05, 3.63) is 24.2 Å². The summed E-state index contributed by atoms with van der Waals surface area (Å²) >= 11 is 0. The van der Waals surface area contributed by atoms with Crippen LogP contribution in [-0.4, -0.2) is 6.04 Å². The summed E-state index contributed by atoms with van der Waals surface area (Å²) in [6.45, 7) is 3.18. The Balaban J connectivity index is 1.81. The van der Waals surface area contributed by atoms with Crippen molar-refractivity contribution in [2.45, 2.75) is 58.0 Å². The van der Waals surface area contributed by atoms with Crippen molar-refractivity contribution in [1.29, 1.82) is 0 Å². The largest absolute Gasteiger partial charge is 0.468 e. The third-order valence-electron chi connectivity index (χ3n) is 3.69. The van der Waals surface area contributed by atoms with Gasteiger partial charge in [0, 0.05) is 6.04 Å². The van der Waals surface area contributed by atoms with Gasteiger partial charge in [-0.2, -0.15) is 0 Å².